The first-order valence-corrected chi connectivity index (χ1v) is 20.7. The Morgan fingerprint density at radius 1 is 0.448 bits per heavy atom. The number of hydrogen-bond donors (Lipinski definition) is 0. The number of ether oxygens (including phenoxy) is 3. The molecule has 0 saturated carbocycles. The van der Waals surface area contributed by atoms with Gasteiger partial charge in [0.05, 0.1) is 5.56 Å². The van der Waals surface area contributed by atoms with E-state index in [9.17, 15) is 0 Å². The van der Waals surface area contributed by atoms with Crippen molar-refractivity contribution in [2.45, 2.75) is 35.5 Å². The second-order valence-electron chi connectivity index (χ2n) is 13.8. The molecular weight excluding hydrogens is 737 g/mol. The summed E-state index contributed by atoms with van der Waals surface area (Å²) in [5.74, 6) is 1.98. The lowest BCUT2D eigenvalue weighted by Crippen LogP contribution is -2.17. The number of para-hydroxylation sites is 3. The van der Waals surface area contributed by atoms with Gasteiger partial charge in [0, 0.05) is 26.3 Å². The molecule has 0 N–H and O–H groups in total. The number of carbonyl (C=O) groups excluding carboxylic acids is 1. The largest absolute Gasteiger partial charge is 0.453 e. The standard InChI is InChI=1S/C52H42O5S/c1-37-34-38(2)51(39(3)35-37)58(44-30-18-8-19-31-44,45-32-20-9-21-33-45)57-52(53)46-36-47(54-41-24-12-5-13-25-41)49(55-42-26-14-6-15-27-42)50(56-43-28-16-7-17-29-43)48(46)40-22-10-4-11-23-40/h4-36H,1-3H3. The van der Waals surface area contributed by atoms with Crippen molar-refractivity contribution in [1.29, 1.82) is 0 Å². The second kappa shape index (κ2) is 17.0. The first kappa shape index (κ1) is 37.9. The Hall–Kier alpha value is -7.02. The van der Waals surface area contributed by atoms with Crippen molar-refractivity contribution in [3.8, 4) is 45.6 Å². The number of benzene rings is 8. The molecule has 0 unspecified atom stereocenters. The van der Waals surface area contributed by atoms with E-state index in [2.05, 4.69) is 57.2 Å². The van der Waals surface area contributed by atoms with E-state index >= 15 is 4.79 Å². The van der Waals surface area contributed by atoms with E-state index in [1.807, 2.05) is 158 Å². The quantitative estimate of drug-likeness (QED) is 0.124. The van der Waals surface area contributed by atoms with Gasteiger partial charge in [-0.1, -0.05) is 139 Å². The maximum Gasteiger partial charge on any atom is 0.350 e. The number of hydrogen-bond acceptors (Lipinski definition) is 5. The summed E-state index contributed by atoms with van der Waals surface area (Å²) in [5.41, 5.74) is 4.66. The van der Waals surface area contributed by atoms with E-state index in [0.717, 1.165) is 36.9 Å². The molecule has 58 heavy (non-hydrogen) atoms. The van der Waals surface area contributed by atoms with Crippen molar-refractivity contribution in [1.82, 2.24) is 0 Å². The summed E-state index contributed by atoms with van der Waals surface area (Å²) in [7, 11) is -2.72. The van der Waals surface area contributed by atoms with Crippen LogP contribution in [-0.4, -0.2) is 5.97 Å². The highest BCUT2D eigenvalue weighted by Gasteiger charge is 2.40. The summed E-state index contributed by atoms with van der Waals surface area (Å²) in [5, 5.41) is 0. The van der Waals surface area contributed by atoms with Crippen LogP contribution in [-0.2, 0) is 4.18 Å². The van der Waals surface area contributed by atoms with Crippen molar-refractivity contribution >= 4 is 16.3 Å². The minimum atomic E-state index is -2.72. The first-order valence-electron chi connectivity index (χ1n) is 19.1. The van der Waals surface area contributed by atoms with Crippen LogP contribution in [0.4, 0.5) is 0 Å². The Morgan fingerprint density at radius 3 is 1.31 bits per heavy atom. The van der Waals surface area contributed by atoms with Gasteiger partial charge < -0.3 is 18.4 Å². The molecule has 0 aromatic heterocycles. The van der Waals surface area contributed by atoms with Crippen LogP contribution < -0.4 is 14.2 Å². The normalized spacial score (nSPS) is 11.4. The molecule has 0 fully saturated rings. The van der Waals surface area contributed by atoms with Gasteiger partial charge in [-0.2, -0.15) is 0 Å². The summed E-state index contributed by atoms with van der Waals surface area (Å²) >= 11 is 0. The average Bonchev–Trinajstić information content (AvgIpc) is 3.26. The third-order valence-electron chi connectivity index (χ3n) is 9.62. The third-order valence-corrected chi connectivity index (χ3v) is 13.1. The third kappa shape index (κ3) is 7.83. The molecule has 8 rings (SSSR count). The maximum atomic E-state index is 15.8. The Kier molecular flexibility index (Phi) is 11.1. The molecule has 286 valence electrons. The van der Waals surface area contributed by atoms with Crippen LogP contribution in [0.5, 0.6) is 34.5 Å². The molecule has 5 nitrogen and oxygen atoms in total. The molecule has 0 heterocycles. The molecule has 0 aliphatic rings. The summed E-state index contributed by atoms with van der Waals surface area (Å²) in [6.07, 6.45) is 0. The average molecular weight is 779 g/mol. The zero-order valence-electron chi connectivity index (χ0n) is 32.5. The Balaban J connectivity index is 1.44. The molecule has 0 aliphatic carbocycles. The highest BCUT2D eigenvalue weighted by atomic mass is 32.3. The molecular formula is C52H42O5S. The van der Waals surface area contributed by atoms with E-state index in [4.69, 9.17) is 18.4 Å². The van der Waals surface area contributed by atoms with Crippen molar-refractivity contribution in [3.05, 3.63) is 222 Å². The second-order valence-corrected chi connectivity index (χ2v) is 16.5. The van der Waals surface area contributed by atoms with Gasteiger partial charge in [-0.15, -0.1) is 0 Å². The van der Waals surface area contributed by atoms with Gasteiger partial charge in [0.25, 0.3) is 0 Å². The van der Waals surface area contributed by atoms with Crippen LogP contribution >= 0.6 is 10.3 Å². The molecule has 8 aromatic carbocycles. The molecule has 6 heteroatoms. The van der Waals surface area contributed by atoms with E-state index in [1.54, 1.807) is 6.07 Å². The van der Waals surface area contributed by atoms with E-state index in [1.165, 1.54) is 0 Å². The van der Waals surface area contributed by atoms with Gasteiger partial charge in [0.2, 0.25) is 5.75 Å². The molecule has 0 spiro atoms. The van der Waals surface area contributed by atoms with Gasteiger partial charge >= 0.3 is 5.97 Å². The van der Waals surface area contributed by atoms with Crippen molar-refractivity contribution < 1.29 is 23.2 Å². The number of carbonyl (C=O) groups is 1. The Labute approximate surface area is 341 Å². The predicted octanol–water partition coefficient (Wildman–Crippen LogP) is 14.7. The fourth-order valence-corrected chi connectivity index (χ4v) is 10.7. The fraction of sp³-hybridized carbons (Fsp3) is 0.0577. The lowest BCUT2D eigenvalue weighted by atomic mass is 9.97. The predicted molar refractivity (Wildman–Crippen MR) is 233 cm³/mol. The first-order chi connectivity index (χ1) is 28.4. The van der Waals surface area contributed by atoms with Crippen LogP contribution in [0, 0.1) is 20.8 Å². The highest BCUT2D eigenvalue weighted by molar-refractivity contribution is 8.30. The van der Waals surface area contributed by atoms with Gasteiger partial charge in [-0.05, 0) is 108 Å². The summed E-state index contributed by atoms with van der Waals surface area (Å²) in [6, 6.07) is 64.3. The lowest BCUT2D eigenvalue weighted by molar-refractivity contribution is 0.0757. The van der Waals surface area contributed by atoms with Crippen LogP contribution in [0.1, 0.15) is 27.0 Å². The zero-order chi connectivity index (χ0) is 39.9. The molecule has 0 amide bonds. The van der Waals surface area contributed by atoms with Crippen molar-refractivity contribution in [2.75, 3.05) is 0 Å². The van der Waals surface area contributed by atoms with Crippen LogP contribution in [0.25, 0.3) is 11.1 Å². The highest BCUT2D eigenvalue weighted by Crippen LogP contribution is 2.71. The van der Waals surface area contributed by atoms with Gasteiger partial charge in [-0.25, -0.2) is 4.79 Å². The van der Waals surface area contributed by atoms with E-state index in [-0.39, 0.29) is 11.3 Å². The van der Waals surface area contributed by atoms with E-state index < -0.39 is 16.3 Å². The Bertz CT molecular complexity index is 2570. The van der Waals surface area contributed by atoms with Gasteiger partial charge in [-0.3, -0.25) is 0 Å². The minimum absolute atomic E-state index is 0.245. The lowest BCUT2D eigenvalue weighted by Gasteiger charge is -2.42. The molecule has 0 aliphatic heterocycles. The smallest absolute Gasteiger partial charge is 0.350 e. The summed E-state index contributed by atoms with van der Waals surface area (Å²) < 4.78 is 27.6. The van der Waals surface area contributed by atoms with Crippen molar-refractivity contribution in [3.63, 3.8) is 0 Å². The molecule has 0 bridgehead atoms. The number of rotatable bonds is 12. The van der Waals surface area contributed by atoms with Crippen molar-refractivity contribution in [2.24, 2.45) is 0 Å². The van der Waals surface area contributed by atoms with Crippen LogP contribution in [0.15, 0.2) is 215 Å². The van der Waals surface area contributed by atoms with Crippen LogP contribution in [0.2, 0.25) is 0 Å². The molecule has 0 saturated heterocycles. The van der Waals surface area contributed by atoms with Crippen LogP contribution in [0.3, 0.4) is 0 Å². The maximum absolute atomic E-state index is 15.8. The molecule has 0 atom stereocenters. The zero-order valence-corrected chi connectivity index (χ0v) is 33.3. The fourth-order valence-electron chi connectivity index (χ4n) is 7.28. The summed E-state index contributed by atoms with van der Waals surface area (Å²) in [6.45, 7) is 6.28. The number of aryl methyl sites for hydroxylation is 3. The Morgan fingerprint density at radius 2 is 0.845 bits per heavy atom. The van der Waals surface area contributed by atoms with Gasteiger partial charge in [0.15, 0.2) is 11.5 Å². The minimum Gasteiger partial charge on any atom is -0.453 e. The van der Waals surface area contributed by atoms with Gasteiger partial charge in [0.1, 0.15) is 17.2 Å². The topological polar surface area (TPSA) is 54.0 Å². The molecule has 0 radical (unpaired) electrons. The molecule has 8 aromatic rings. The van der Waals surface area contributed by atoms with E-state index in [0.29, 0.717) is 34.3 Å². The SMILES string of the molecule is Cc1cc(C)c(S(OC(=O)c2cc(Oc3ccccc3)c(Oc3ccccc3)c(Oc3ccccc3)c2-c2ccccc2)(c2ccccc2)c2ccccc2)c(C)c1. The monoisotopic (exact) mass is 778 g/mol. The summed E-state index contributed by atoms with van der Waals surface area (Å²) in [4.78, 5) is 18.5.